The molecular formula is C11H13N3O3. The van der Waals surface area contributed by atoms with Gasteiger partial charge in [0.15, 0.2) is 0 Å². The van der Waals surface area contributed by atoms with Gasteiger partial charge in [-0.25, -0.2) is 0 Å². The molecule has 0 amide bonds. The summed E-state index contributed by atoms with van der Waals surface area (Å²) >= 11 is 0. The zero-order chi connectivity index (χ0) is 12.7. The Hall–Kier alpha value is -2.13. The van der Waals surface area contributed by atoms with Gasteiger partial charge in [0, 0.05) is 25.3 Å². The van der Waals surface area contributed by atoms with Crippen molar-refractivity contribution in [2.45, 2.75) is 12.8 Å². The largest absolute Gasteiger partial charge is 0.396 e. The van der Waals surface area contributed by atoms with Crippen LogP contribution in [-0.2, 0) is 0 Å². The Morgan fingerprint density at radius 3 is 2.82 bits per heavy atom. The molecule has 1 aromatic rings. The van der Waals surface area contributed by atoms with E-state index in [1.165, 1.54) is 18.2 Å². The third kappa shape index (κ3) is 3.74. The molecule has 0 aliphatic rings. The molecule has 6 nitrogen and oxygen atoms in total. The number of anilines is 1. The predicted molar refractivity (Wildman–Crippen MR) is 62.6 cm³/mol. The van der Waals surface area contributed by atoms with Gasteiger partial charge in [-0.1, -0.05) is 0 Å². The smallest absolute Gasteiger partial charge is 0.270 e. The first kappa shape index (κ1) is 12.9. The Kier molecular flexibility index (Phi) is 4.91. The molecule has 0 fully saturated rings. The number of nitrogens with one attached hydrogen (secondary N) is 1. The molecule has 0 aliphatic carbocycles. The topological polar surface area (TPSA) is 99.2 Å². The van der Waals surface area contributed by atoms with Gasteiger partial charge in [0.05, 0.1) is 16.2 Å². The van der Waals surface area contributed by atoms with Crippen molar-refractivity contribution in [2.75, 3.05) is 18.5 Å². The maximum Gasteiger partial charge on any atom is 0.270 e. The molecule has 6 heteroatoms. The maximum atomic E-state index is 10.5. The van der Waals surface area contributed by atoms with Crippen molar-refractivity contribution in [1.82, 2.24) is 0 Å². The minimum absolute atomic E-state index is 0.0949. The van der Waals surface area contributed by atoms with Crippen molar-refractivity contribution < 1.29 is 10.0 Å². The summed E-state index contributed by atoms with van der Waals surface area (Å²) in [7, 11) is 0. The van der Waals surface area contributed by atoms with E-state index in [2.05, 4.69) is 5.32 Å². The summed E-state index contributed by atoms with van der Waals surface area (Å²) in [6.45, 7) is 0.750. The lowest BCUT2D eigenvalue weighted by Gasteiger charge is -2.07. The number of nitro groups is 1. The first-order valence-electron chi connectivity index (χ1n) is 5.22. The summed E-state index contributed by atoms with van der Waals surface area (Å²) in [6, 6.07) is 6.04. The molecule has 1 rings (SSSR count). The molecule has 0 spiro atoms. The van der Waals surface area contributed by atoms with E-state index in [9.17, 15) is 10.1 Å². The predicted octanol–water partition coefficient (Wildman–Crippen LogP) is 1.65. The van der Waals surface area contributed by atoms with Crippen LogP contribution in [0.4, 0.5) is 11.4 Å². The van der Waals surface area contributed by atoms with Crippen LogP contribution in [-0.4, -0.2) is 23.2 Å². The number of aliphatic hydroxyl groups excluding tert-OH is 1. The maximum absolute atomic E-state index is 10.5. The molecule has 2 N–H and O–H groups in total. The lowest BCUT2D eigenvalue weighted by molar-refractivity contribution is -0.384. The van der Waals surface area contributed by atoms with Gasteiger partial charge in [0.2, 0.25) is 0 Å². The highest BCUT2D eigenvalue weighted by atomic mass is 16.6. The molecule has 0 aromatic heterocycles. The molecule has 0 unspecified atom stereocenters. The molecule has 0 atom stereocenters. The normalized spacial score (nSPS) is 9.65. The van der Waals surface area contributed by atoms with Crippen LogP contribution in [0, 0.1) is 21.4 Å². The molecule has 17 heavy (non-hydrogen) atoms. The molecule has 0 aliphatic heterocycles. The Labute approximate surface area is 98.6 Å². The number of nitriles is 1. The number of hydrogen-bond donors (Lipinski definition) is 2. The van der Waals surface area contributed by atoms with E-state index in [4.69, 9.17) is 10.4 Å². The second-order valence-electron chi connectivity index (χ2n) is 3.46. The Morgan fingerprint density at radius 1 is 1.47 bits per heavy atom. The van der Waals surface area contributed by atoms with Crippen LogP contribution in [0.25, 0.3) is 0 Å². The Morgan fingerprint density at radius 2 is 2.24 bits per heavy atom. The number of nitrogens with zero attached hydrogens (tertiary/aromatic N) is 2. The van der Waals surface area contributed by atoms with E-state index in [0.717, 1.165) is 6.42 Å². The van der Waals surface area contributed by atoms with Crippen LogP contribution < -0.4 is 5.32 Å². The fraction of sp³-hybridized carbons (Fsp3) is 0.364. The zero-order valence-corrected chi connectivity index (χ0v) is 9.22. The monoisotopic (exact) mass is 235 g/mol. The van der Waals surface area contributed by atoms with Crippen molar-refractivity contribution in [3.8, 4) is 6.07 Å². The molecule has 90 valence electrons. The van der Waals surface area contributed by atoms with E-state index >= 15 is 0 Å². The van der Waals surface area contributed by atoms with Crippen molar-refractivity contribution in [1.29, 1.82) is 5.26 Å². The highest BCUT2D eigenvalue weighted by Gasteiger charge is 2.09. The standard InChI is InChI=1S/C11H13N3O3/c12-8-9-7-10(14(16)17)3-4-11(9)13-5-1-2-6-15/h3-4,7,13,15H,1-2,5-6H2. The number of unbranched alkanes of at least 4 members (excludes halogenated alkanes) is 1. The summed E-state index contributed by atoms with van der Waals surface area (Å²) in [4.78, 5) is 10.00. The van der Waals surface area contributed by atoms with Gasteiger partial charge in [0.1, 0.15) is 6.07 Å². The molecule has 0 bridgehead atoms. The molecule has 0 radical (unpaired) electrons. The quantitative estimate of drug-likeness (QED) is 0.443. The zero-order valence-electron chi connectivity index (χ0n) is 9.22. The number of aliphatic hydroxyl groups is 1. The van der Waals surface area contributed by atoms with Crippen LogP contribution in [0.1, 0.15) is 18.4 Å². The fourth-order valence-electron chi connectivity index (χ4n) is 1.35. The molecule has 1 aromatic carbocycles. The van der Waals surface area contributed by atoms with Crippen LogP contribution in [0.15, 0.2) is 18.2 Å². The third-order valence-electron chi connectivity index (χ3n) is 2.23. The minimum atomic E-state index is -0.531. The van der Waals surface area contributed by atoms with Crippen LogP contribution in [0.2, 0.25) is 0 Å². The number of hydrogen-bond acceptors (Lipinski definition) is 5. The van der Waals surface area contributed by atoms with Gasteiger partial charge in [0.25, 0.3) is 5.69 Å². The van der Waals surface area contributed by atoms with E-state index < -0.39 is 4.92 Å². The fourth-order valence-corrected chi connectivity index (χ4v) is 1.35. The Balaban J connectivity index is 2.73. The van der Waals surface area contributed by atoms with Crippen molar-refractivity contribution in [3.05, 3.63) is 33.9 Å². The van der Waals surface area contributed by atoms with Crippen LogP contribution in [0.3, 0.4) is 0 Å². The van der Waals surface area contributed by atoms with Crippen LogP contribution >= 0.6 is 0 Å². The number of rotatable bonds is 6. The van der Waals surface area contributed by atoms with E-state index in [-0.39, 0.29) is 17.9 Å². The first-order valence-corrected chi connectivity index (χ1v) is 5.22. The lowest BCUT2D eigenvalue weighted by Crippen LogP contribution is -2.04. The third-order valence-corrected chi connectivity index (χ3v) is 2.23. The Bertz CT molecular complexity index is 440. The summed E-state index contributed by atoms with van der Waals surface area (Å²) in [5.41, 5.74) is 0.738. The average Bonchev–Trinajstić information content (AvgIpc) is 2.34. The summed E-state index contributed by atoms with van der Waals surface area (Å²) in [6.07, 6.45) is 1.46. The van der Waals surface area contributed by atoms with Crippen molar-refractivity contribution >= 4 is 11.4 Å². The molecule has 0 saturated carbocycles. The second kappa shape index (κ2) is 6.45. The summed E-state index contributed by atoms with van der Waals surface area (Å²) in [5.74, 6) is 0. The van der Waals surface area contributed by atoms with Gasteiger partial charge >= 0.3 is 0 Å². The highest BCUT2D eigenvalue weighted by molar-refractivity contribution is 5.61. The molecular weight excluding hydrogens is 222 g/mol. The minimum Gasteiger partial charge on any atom is -0.396 e. The molecule has 0 heterocycles. The van der Waals surface area contributed by atoms with E-state index in [1.807, 2.05) is 6.07 Å². The highest BCUT2D eigenvalue weighted by Crippen LogP contribution is 2.21. The van der Waals surface area contributed by atoms with Gasteiger partial charge in [-0.2, -0.15) is 5.26 Å². The van der Waals surface area contributed by atoms with E-state index in [0.29, 0.717) is 18.7 Å². The van der Waals surface area contributed by atoms with Gasteiger partial charge in [-0.15, -0.1) is 0 Å². The van der Waals surface area contributed by atoms with Crippen molar-refractivity contribution in [2.24, 2.45) is 0 Å². The number of benzene rings is 1. The first-order chi connectivity index (χ1) is 8.19. The van der Waals surface area contributed by atoms with Gasteiger partial charge in [-0.3, -0.25) is 10.1 Å². The van der Waals surface area contributed by atoms with E-state index in [1.54, 1.807) is 0 Å². The van der Waals surface area contributed by atoms with Crippen molar-refractivity contribution in [3.63, 3.8) is 0 Å². The average molecular weight is 235 g/mol. The lowest BCUT2D eigenvalue weighted by atomic mass is 10.1. The summed E-state index contributed by atoms with van der Waals surface area (Å²) < 4.78 is 0. The molecule has 0 saturated heterocycles. The van der Waals surface area contributed by atoms with Gasteiger partial charge in [-0.05, 0) is 18.9 Å². The number of non-ortho nitro benzene ring substituents is 1. The SMILES string of the molecule is N#Cc1cc([N+](=O)[O-])ccc1NCCCCO. The van der Waals surface area contributed by atoms with Crippen LogP contribution in [0.5, 0.6) is 0 Å². The van der Waals surface area contributed by atoms with Gasteiger partial charge < -0.3 is 10.4 Å². The second-order valence-corrected chi connectivity index (χ2v) is 3.46. The summed E-state index contributed by atoms with van der Waals surface area (Å²) in [5, 5.41) is 31.0. The number of nitro benzene ring substituents is 1.